The molecule has 0 aromatic heterocycles. The second-order valence-corrected chi connectivity index (χ2v) is 4.85. The predicted octanol–water partition coefficient (Wildman–Crippen LogP) is 2.43. The van der Waals surface area contributed by atoms with Crippen molar-refractivity contribution in [3.05, 3.63) is 53.8 Å². The zero-order valence-corrected chi connectivity index (χ0v) is 11.8. The van der Waals surface area contributed by atoms with E-state index in [1.807, 2.05) is 0 Å². The van der Waals surface area contributed by atoms with Crippen molar-refractivity contribution in [3.8, 4) is 5.75 Å². The molecule has 1 N–H and O–H groups in total. The second-order valence-electron chi connectivity index (χ2n) is 4.85. The molecule has 0 fully saturated rings. The van der Waals surface area contributed by atoms with E-state index in [0.717, 1.165) is 0 Å². The van der Waals surface area contributed by atoms with Gasteiger partial charge in [0.1, 0.15) is 17.3 Å². The third-order valence-electron chi connectivity index (χ3n) is 3.41. The minimum atomic E-state index is -0.410. The third kappa shape index (κ3) is 2.50. The van der Waals surface area contributed by atoms with Crippen LogP contribution in [0.1, 0.15) is 10.4 Å². The molecule has 5 nitrogen and oxygen atoms in total. The van der Waals surface area contributed by atoms with Gasteiger partial charge in [-0.05, 0) is 36.4 Å². The molecule has 112 valence electrons. The van der Waals surface area contributed by atoms with Gasteiger partial charge in [-0.25, -0.2) is 4.39 Å². The number of likely N-dealkylation sites (N-methyl/N-ethyl adjacent to an activating group) is 1. The van der Waals surface area contributed by atoms with Crippen molar-refractivity contribution in [1.29, 1.82) is 0 Å². The van der Waals surface area contributed by atoms with E-state index in [0.29, 0.717) is 22.7 Å². The summed E-state index contributed by atoms with van der Waals surface area (Å²) in [5, 5.41) is 2.72. The third-order valence-corrected chi connectivity index (χ3v) is 3.41. The van der Waals surface area contributed by atoms with Crippen molar-refractivity contribution in [3.63, 3.8) is 0 Å². The molecule has 6 heteroatoms. The highest BCUT2D eigenvalue weighted by atomic mass is 19.1. The van der Waals surface area contributed by atoms with Crippen molar-refractivity contribution in [2.75, 3.05) is 23.9 Å². The van der Waals surface area contributed by atoms with Gasteiger partial charge in [0, 0.05) is 12.6 Å². The maximum absolute atomic E-state index is 12.9. The molecule has 0 radical (unpaired) electrons. The van der Waals surface area contributed by atoms with E-state index in [9.17, 15) is 14.0 Å². The van der Waals surface area contributed by atoms with Crippen molar-refractivity contribution in [1.82, 2.24) is 0 Å². The van der Waals surface area contributed by atoms with E-state index in [4.69, 9.17) is 4.74 Å². The number of carbonyl (C=O) groups excluding carboxylic acids is 2. The van der Waals surface area contributed by atoms with Crippen molar-refractivity contribution in [2.24, 2.45) is 0 Å². The zero-order valence-electron chi connectivity index (χ0n) is 11.8. The Hall–Kier alpha value is -2.89. The number of amides is 2. The number of nitrogens with zero attached hydrogens (tertiary/aromatic N) is 1. The highest BCUT2D eigenvalue weighted by molar-refractivity contribution is 6.09. The van der Waals surface area contributed by atoms with Gasteiger partial charge in [-0.3, -0.25) is 9.59 Å². The predicted molar refractivity (Wildman–Crippen MR) is 79.7 cm³/mol. The zero-order chi connectivity index (χ0) is 15.7. The summed E-state index contributed by atoms with van der Waals surface area (Å²) in [6, 6.07) is 10.4. The summed E-state index contributed by atoms with van der Waals surface area (Å²) in [6.07, 6.45) is 0. The minimum Gasteiger partial charge on any atom is -0.481 e. The first-order chi connectivity index (χ1) is 10.6. The first-order valence-corrected chi connectivity index (χ1v) is 6.65. The Balaban J connectivity index is 1.91. The molecular weight excluding hydrogens is 287 g/mol. The van der Waals surface area contributed by atoms with Gasteiger partial charge in [-0.1, -0.05) is 6.07 Å². The average molecular weight is 300 g/mol. The molecule has 22 heavy (non-hydrogen) atoms. The molecule has 0 saturated heterocycles. The number of rotatable bonds is 2. The number of para-hydroxylation sites is 1. The van der Waals surface area contributed by atoms with E-state index in [2.05, 4.69) is 5.32 Å². The topological polar surface area (TPSA) is 58.6 Å². The summed E-state index contributed by atoms with van der Waals surface area (Å²) < 4.78 is 18.3. The highest BCUT2D eigenvalue weighted by Gasteiger charge is 2.25. The lowest BCUT2D eigenvalue weighted by atomic mass is 10.1. The lowest BCUT2D eigenvalue weighted by molar-refractivity contribution is -0.120. The van der Waals surface area contributed by atoms with Crippen LogP contribution in [0.5, 0.6) is 5.75 Å². The number of halogens is 1. The van der Waals surface area contributed by atoms with E-state index in [-0.39, 0.29) is 18.4 Å². The lowest BCUT2D eigenvalue weighted by Gasteiger charge is -2.28. The number of ether oxygens (including phenoxy) is 1. The number of anilines is 2. The molecule has 1 aliphatic heterocycles. The first-order valence-electron chi connectivity index (χ1n) is 6.65. The van der Waals surface area contributed by atoms with Crippen LogP contribution in [0.2, 0.25) is 0 Å². The van der Waals surface area contributed by atoms with Gasteiger partial charge in [0.15, 0.2) is 6.61 Å². The molecule has 2 aromatic rings. The van der Waals surface area contributed by atoms with Crippen LogP contribution < -0.4 is 15.0 Å². The van der Waals surface area contributed by atoms with Gasteiger partial charge in [-0.15, -0.1) is 0 Å². The molecule has 0 spiro atoms. The Bertz CT molecular complexity index is 744. The number of fused-ring (bicyclic) bond motifs is 1. The van der Waals surface area contributed by atoms with E-state index in [1.165, 1.54) is 29.2 Å². The summed E-state index contributed by atoms with van der Waals surface area (Å²) in [7, 11) is 1.62. The van der Waals surface area contributed by atoms with Gasteiger partial charge in [-0.2, -0.15) is 0 Å². The molecule has 1 heterocycles. The van der Waals surface area contributed by atoms with Crippen LogP contribution >= 0.6 is 0 Å². The smallest absolute Gasteiger partial charge is 0.264 e. The summed E-state index contributed by atoms with van der Waals surface area (Å²) in [5.74, 6) is -0.470. The average Bonchev–Trinajstić information content (AvgIpc) is 2.51. The Morgan fingerprint density at radius 3 is 2.68 bits per heavy atom. The van der Waals surface area contributed by atoms with Crippen LogP contribution in [0.25, 0.3) is 0 Å². The molecule has 3 rings (SSSR count). The fraction of sp³-hybridized carbons (Fsp3) is 0.125. The molecule has 0 atom stereocenters. The fourth-order valence-electron chi connectivity index (χ4n) is 2.24. The molecule has 2 aromatic carbocycles. The summed E-state index contributed by atoms with van der Waals surface area (Å²) in [4.78, 5) is 25.4. The Morgan fingerprint density at radius 1 is 1.23 bits per heavy atom. The van der Waals surface area contributed by atoms with E-state index >= 15 is 0 Å². The van der Waals surface area contributed by atoms with Gasteiger partial charge < -0.3 is 15.0 Å². The van der Waals surface area contributed by atoms with Crippen LogP contribution in [0, 0.1) is 5.82 Å². The van der Waals surface area contributed by atoms with Gasteiger partial charge in [0.2, 0.25) is 0 Å². The fourth-order valence-corrected chi connectivity index (χ4v) is 2.24. The van der Waals surface area contributed by atoms with Crippen molar-refractivity contribution >= 4 is 23.2 Å². The summed E-state index contributed by atoms with van der Waals surface area (Å²) >= 11 is 0. The summed E-state index contributed by atoms with van der Waals surface area (Å²) in [6.45, 7) is -0.0289. The highest BCUT2D eigenvalue weighted by Crippen LogP contribution is 2.38. The standard InChI is InChI=1S/C16H13FN2O3/c1-19-14(20)9-22-13-4-2-3-12(15(13)19)18-16(21)10-5-7-11(17)8-6-10/h2-8H,9H2,1H3,(H,18,21). The Morgan fingerprint density at radius 2 is 1.95 bits per heavy atom. The molecule has 2 amide bonds. The maximum atomic E-state index is 12.9. The maximum Gasteiger partial charge on any atom is 0.264 e. The number of nitrogens with one attached hydrogen (secondary N) is 1. The second kappa shape index (κ2) is 5.48. The number of hydrogen-bond acceptors (Lipinski definition) is 3. The van der Waals surface area contributed by atoms with Crippen LogP contribution in [0.3, 0.4) is 0 Å². The minimum absolute atomic E-state index is 0.0289. The Labute approximate surface area is 126 Å². The van der Waals surface area contributed by atoms with Crippen molar-refractivity contribution in [2.45, 2.75) is 0 Å². The molecule has 0 unspecified atom stereocenters. The van der Waals surface area contributed by atoms with Gasteiger partial charge in [0.05, 0.1) is 5.69 Å². The van der Waals surface area contributed by atoms with Crippen LogP contribution in [0.4, 0.5) is 15.8 Å². The van der Waals surface area contributed by atoms with Crippen LogP contribution in [0.15, 0.2) is 42.5 Å². The van der Waals surface area contributed by atoms with Gasteiger partial charge >= 0.3 is 0 Å². The van der Waals surface area contributed by atoms with Crippen LogP contribution in [-0.4, -0.2) is 25.5 Å². The molecule has 0 bridgehead atoms. The number of benzene rings is 2. The molecule has 0 aliphatic carbocycles. The lowest BCUT2D eigenvalue weighted by Crippen LogP contribution is -2.36. The summed E-state index contributed by atoms with van der Waals surface area (Å²) in [5.41, 5.74) is 1.29. The number of hydrogen-bond donors (Lipinski definition) is 1. The molecule has 1 aliphatic rings. The molecular formula is C16H13FN2O3. The van der Waals surface area contributed by atoms with Gasteiger partial charge in [0.25, 0.3) is 11.8 Å². The first kappa shape index (κ1) is 14.1. The number of carbonyl (C=O) groups is 2. The van der Waals surface area contributed by atoms with E-state index in [1.54, 1.807) is 25.2 Å². The van der Waals surface area contributed by atoms with Crippen molar-refractivity contribution < 1.29 is 18.7 Å². The largest absolute Gasteiger partial charge is 0.481 e. The SMILES string of the molecule is CN1C(=O)COc2cccc(NC(=O)c3ccc(F)cc3)c21. The normalized spacial score (nSPS) is 13.4. The molecule has 0 saturated carbocycles. The Kier molecular flexibility index (Phi) is 3.50. The van der Waals surface area contributed by atoms with E-state index < -0.39 is 5.82 Å². The van der Waals surface area contributed by atoms with Crippen LogP contribution in [-0.2, 0) is 4.79 Å². The monoisotopic (exact) mass is 300 g/mol. The quantitative estimate of drug-likeness (QED) is 0.926.